The number of aromatic amines is 1. The van der Waals surface area contributed by atoms with E-state index in [2.05, 4.69) is 27.4 Å². The molecule has 0 aliphatic heterocycles. The lowest BCUT2D eigenvalue weighted by Gasteiger charge is -2.09. The zero-order valence-electron chi connectivity index (χ0n) is 10.7. The van der Waals surface area contributed by atoms with Gasteiger partial charge in [-0.05, 0) is 31.9 Å². The Morgan fingerprint density at radius 3 is 2.94 bits per heavy atom. The summed E-state index contributed by atoms with van der Waals surface area (Å²) in [6.07, 6.45) is 2.39. The Morgan fingerprint density at radius 1 is 1.61 bits per heavy atom. The summed E-state index contributed by atoms with van der Waals surface area (Å²) < 4.78 is 0. The van der Waals surface area contributed by atoms with Gasteiger partial charge in [-0.15, -0.1) is 11.3 Å². The molecule has 2 heterocycles. The molecule has 0 aliphatic rings. The third-order valence-corrected chi connectivity index (χ3v) is 4.14. The maximum absolute atomic E-state index is 12.1. The summed E-state index contributed by atoms with van der Waals surface area (Å²) >= 11 is 1.55. The van der Waals surface area contributed by atoms with Gasteiger partial charge in [0.25, 0.3) is 5.91 Å². The molecule has 1 amide bonds. The van der Waals surface area contributed by atoms with Crippen LogP contribution in [0.1, 0.15) is 45.8 Å². The highest BCUT2D eigenvalue weighted by atomic mass is 32.1. The number of amides is 1. The van der Waals surface area contributed by atoms with Crippen LogP contribution in [0.2, 0.25) is 0 Å². The van der Waals surface area contributed by atoms with E-state index in [9.17, 15) is 4.79 Å². The molecule has 0 bridgehead atoms. The maximum Gasteiger partial charge on any atom is 0.261 e. The Labute approximate surface area is 110 Å². The van der Waals surface area contributed by atoms with Crippen molar-refractivity contribution in [3.63, 3.8) is 0 Å². The van der Waals surface area contributed by atoms with E-state index in [-0.39, 0.29) is 11.9 Å². The molecule has 5 nitrogen and oxygen atoms in total. The summed E-state index contributed by atoms with van der Waals surface area (Å²) in [4.78, 5) is 18.1. The number of nitrogens with zero attached hydrogens (tertiary/aromatic N) is 2. The van der Waals surface area contributed by atoms with Crippen LogP contribution in [-0.2, 0) is 6.42 Å². The fourth-order valence-corrected chi connectivity index (χ4v) is 2.76. The largest absolute Gasteiger partial charge is 0.342 e. The summed E-state index contributed by atoms with van der Waals surface area (Å²) in [6, 6.07) is 1.76. The van der Waals surface area contributed by atoms with Crippen molar-refractivity contribution < 1.29 is 4.79 Å². The number of hydrogen-bond donors (Lipinski definition) is 2. The van der Waals surface area contributed by atoms with Gasteiger partial charge in [-0.3, -0.25) is 9.89 Å². The topological polar surface area (TPSA) is 70.7 Å². The first-order valence-corrected chi connectivity index (χ1v) is 6.69. The molecule has 2 aromatic rings. The molecule has 2 rings (SSSR count). The van der Waals surface area contributed by atoms with Gasteiger partial charge in [0.15, 0.2) is 0 Å². The zero-order valence-corrected chi connectivity index (χ0v) is 11.5. The van der Waals surface area contributed by atoms with Gasteiger partial charge in [0.05, 0.1) is 10.9 Å². The highest BCUT2D eigenvalue weighted by Crippen LogP contribution is 2.22. The fourth-order valence-electron chi connectivity index (χ4n) is 1.74. The molecule has 0 aliphatic carbocycles. The fraction of sp³-hybridized carbons (Fsp3) is 0.417. The lowest BCUT2D eigenvalue weighted by atomic mass is 10.2. The van der Waals surface area contributed by atoms with Crippen LogP contribution in [0.5, 0.6) is 0 Å². The Bertz CT molecular complexity index is 532. The molecule has 0 aromatic carbocycles. The minimum Gasteiger partial charge on any atom is -0.342 e. The van der Waals surface area contributed by atoms with E-state index in [1.807, 2.05) is 19.9 Å². The second-order valence-corrected chi connectivity index (χ2v) is 5.27. The van der Waals surface area contributed by atoms with Crippen molar-refractivity contribution in [1.82, 2.24) is 20.5 Å². The Kier molecular flexibility index (Phi) is 3.76. The van der Waals surface area contributed by atoms with E-state index in [0.29, 0.717) is 5.82 Å². The molecule has 1 atom stereocenters. The summed E-state index contributed by atoms with van der Waals surface area (Å²) in [5, 5.41) is 9.42. The molecule has 96 valence electrons. The molecule has 0 spiro atoms. The van der Waals surface area contributed by atoms with E-state index >= 15 is 0 Å². The molecule has 2 aromatic heterocycles. The van der Waals surface area contributed by atoms with Crippen LogP contribution in [0.25, 0.3) is 0 Å². The molecule has 2 N–H and O–H groups in total. The molecule has 0 radical (unpaired) electrons. The van der Waals surface area contributed by atoms with E-state index in [4.69, 9.17) is 0 Å². The first-order valence-electron chi connectivity index (χ1n) is 5.87. The van der Waals surface area contributed by atoms with Crippen LogP contribution in [0.4, 0.5) is 0 Å². The standard InChI is InChI=1S/C12H16N4OS/c1-4-9-7(2)5-10(18-9)12(17)15-8(3)11-13-6-14-16-11/h5-6,8H,4H2,1-3H3,(H,15,17)(H,13,14,16). The number of nitrogens with one attached hydrogen (secondary N) is 2. The lowest BCUT2D eigenvalue weighted by Crippen LogP contribution is -2.26. The predicted octanol–water partition coefficient (Wildman–Crippen LogP) is 2.23. The number of aromatic nitrogens is 3. The van der Waals surface area contributed by atoms with Gasteiger partial charge in [-0.2, -0.15) is 5.10 Å². The van der Waals surface area contributed by atoms with E-state index in [0.717, 1.165) is 11.3 Å². The summed E-state index contributed by atoms with van der Waals surface area (Å²) in [5.41, 5.74) is 1.18. The van der Waals surface area contributed by atoms with Crippen molar-refractivity contribution in [3.05, 3.63) is 33.5 Å². The second-order valence-electron chi connectivity index (χ2n) is 4.14. The van der Waals surface area contributed by atoms with Gasteiger partial charge in [0, 0.05) is 4.88 Å². The van der Waals surface area contributed by atoms with E-state index in [1.54, 1.807) is 11.3 Å². The number of rotatable bonds is 4. The molecule has 0 saturated heterocycles. The highest BCUT2D eigenvalue weighted by Gasteiger charge is 2.16. The van der Waals surface area contributed by atoms with Crippen molar-refractivity contribution >= 4 is 17.2 Å². The van der Waals surface area contributed by atoms with Crippen molar-refractivity contribution in [2.24, 2.45) is 0 Å². The average Bonchev–Trinajstić information content (AvgIpc) is 2.97. The third-order valence-electron chi connectivity index (χ3n) is 2.76. The number of carbonyl (C=O) groups is 1. The molecule has 18 heavy (non-hydrogen) atoms. The number of H-pyrrole nitrogens is 1. The Hall–Kier alpha value is -1.69. The number of carbonyl (C=O) groups excluding carboxylic acids is 1. The minimum absolute atomic E-state index is 0.0632. The minimum atomic E-state index is -0.174. The monoisotopic (exact) mass is 264 g/mol. The average molecular weight is 264 g/mol. The number of thiophene rings is 1. The molecule has 0 fully saturated rings. The van der Waals surface area contributed by atoms with Gasteiger partial charge < -0.3 is 5.32 Å². The molecular formula is C12H16N4OS. The number of hydrogen-bond acceptors (Lipinski definition) is 4. The molecule has 1 unspecified atom stereocenters. The first-order chi connectivity index (χ1) is 8.61. The number of aryl methyl sites for hydroxylation is 2. The van der Waals surface area contributed by atoms with Crippen molar-refractivity contribution in [1.29, 1.82) is 0 Å². The second kappa shape index (κ2) is 5.30. The van der Waals surface area contributed by atoms with Crippen LogP contribution in [-0.4, -0.2) is 21.1 Å². The quantitative estimate of drug-likeness (QED) is 0.889. The maximum atomic E-state index is 12.1. The van der Waals surface area contributed by atoms with Gasteiger partial charge >= 0.3 is 0 Å². The highest BCUT2D eigenvalue weighted by molar-refractivity contribution is 7.14. The summed E-state index contributed by atoms with van der Waals surface area (Å²) in [6.45, 7) is 6.00. The van der Waals surface area contributed by atoms with E-state index in [1.165, 1.54) is 16.8 Å². The van der Waals surface area contributed by atoms with Gasteiger partial charge in [0.2, 0.25) is 0 Å². The van der Waals surface area contributed by atoms with Crippen LogP contribution in [0.15, 0.2) is 12.4 Å². The van der Waals surface area contributed by atoms with Crippen LogP contribution in [0, 0.1) is 6.92 Å². The Balaban J connectivity index is 2.07. The normalized spacial score (nSPS) is 12.4. The molecule has 6 heteroatoms. The van der Waals surface area contributed by atoms with Crippen LogP contribution < -0.4 is 5.32 Å². The lowest BCUT2D eigenvalue weighted by molar-refractivity contribution is 0.0942. The van der Waals surface area contributed by atoms with Gasteiger partial charge in [-0.25, -0.2) is 4.98 Å². The van der Waals surface area contributed by atoms with Crippen molar-refractivity contribution in [2.75, 3.05) is 0 Å². The third kappa shape index (κ3) is 2.59. The van der Waals surface area contributed by atoms with Gasteiger partial charge in [-0.1, -0.05) is 6.92 Å². The van der Waals surface area contributed by atoms with Crippen molar-refractivity contribution in [3.8, 4) is 0 Å². The summed E-state index contributed by atoms with van der Waals surface area (Å²) in [7, 11) is 0. The zero-order chi connectivity index (χ0) is 13.1. The first kappa shape index (κ1) is 12.8. The summed E-state index contributed by atoms with van der Waals surface area (Å²) in [5.74, 6) is 0.596. The molecular weight excluding hydrogens is 248 g/mol. The smallest absolute Gasteiger partial charge is 0.261 e. The van der Waals surface area contributed by atoms with Crippen LogP contribution >= 0.6 is 11.3 Å². The van der Waals surface area contributed by atoms with E-state index < -0.39 is 0 Å². The SMILES string of the molecule is CCc1sc(C(=O)NC(C)c2ncn[nH]2)cc1C. The van der Waals surface area contributed by atoms with Gasteiger partial charge in [0.1, 0.15) is 12.2 Å². The molecule has 0 saturated carbocycles. The van der Waals surface area contributed by atoms with Crippen molar-refractivity contribution in [2.45, 2.75) is 33.2 Å². The Morgan fingerprint density at radius 2 is 2.39 bits per heavy atom. The predicted molar refractivity (Wildman–Crippen MR) is 70.7 cm³/mol. The van der Waals surface area contributed by atoms with Crippen LogP contribution in [0.3, 0.4) is 0 Å².